The molecule has 0 amide bonds. The van der Waals surface area contributed by atoms with Crippen molar-refractivity contribution in [1.29, 1.82) is 0 Å². The van der Waals surface area contributed by atoms with Gasteiger partial charge in [-0.1, -0.05) is 24.1 Å². The van der Waals surface area contributed by atoms with Gasteiger partial charge in [0, 0.05) is 6.04 Å². The lowest BCUT2D eigenvalue weighted by atomic mass is 9.78. The van der Waals surface area contributed by atoms with Crippen molar-refractivity contribution in [3.05, 3.63) is 34.6 Å². The summed E-state index contributed by atoms with van der Waals surface area (Å²) in [4.78, 5) is 0. The molecule has 3 heteroatoms. The Morgan fingerprint density at radius 2 is 2.20 bits per heavy atom. The molecule has 1 aromatic rings. The molecule has 0 spiro atoms. The van der Waals surface area contributed by atoms with Gasteiger partial charge in [0.2, 0.25) is 0 Å². The molecule has 0 saturated heterocycles. The fourth-order valence-corrected chi connectivity index (χ4v) is 2.18. The van der Waals surface area contributed by atoms with Crippen LogP contribution in [0.4, 0.5) is 4.39 Å². The molecule has 1 unspecified atom stereocenters. The molecule has 1 nitrogen and oxygen atoms in total. The van der Waals surface area contributed by atoms with Crippen LogP contribution in [0.15, 0.2) is 18.2 Å². The van der Waals surface area contributed by atoms with E-state index in [0.29, 0.717) is 5.92 Å². The lowest BCUT2D eigenvalue weighted by Crippen LogP contribution is -2.36. The van der Waals surface area contributed by atoms with E-state index in [4.69, 9.17) is 17.3 Å². The van der Waals surface area contributed by atoms with Crippen LogP contribution in [0, 0.1) is 11.7 Å². The number of hydrogen-bond donors (Lipinski definition) is 1. The maximum absolute atomic E-state index is 12.9. The van der Waals surface area contributed by atoms with E-state index >= 15 is 0 Å². The van der Waals surface area contributed by atoms with Crippen molar-refractivity contribution >= 4 is 11.6 Å². The molecule has 0 aromatic heterocycles. The predicted molar refractivity (Wildman–Crippen MR) is 60.4 cm³/mol. The fraction of sp³-hybridized carbons (Fsp3) is 0.500. The zero-order valence-corrected chi connectivity index (χ0v) is 9.30. The molecule has 0 heterocycles. The van der Waals surface area contributed by atoms with Crippen LogP contribution in [0.1, 0.15) is 24.8 Å². The monoisotopic (exact) mass is 227 g/mol. The van der Waals surface area contributed by atoms with Gasteiger partial charge in [0.15, 0.2) is 0 Å². The Hall–Kier alpha value is -0.600. The lowest BCUT2D eigenvalue weighted by Gasteiger charge is -2.31. The van der Waals surface area contributed by atoms with Crippen molar-refractivity contribution in [1.82, 2.24) is 0 Å². The third kappa shape index (κ3) is 2.50. The minimum atomic E-state index is -0.363. The number of nitrogens with two attached hydrogens (primary N) is 1. The first-order valence-electron chi connectivity index (χ1n) is 5.36. The Bertz CT molecular complexity index is 349. The molecule has 15 heavy (non-hydrogen) atoms. The molecule has 1 saturated carbocycles. The van der Waals surface area contributed by atoms with E-state index < -0.39 is 0 Å². The second kappa shape index (κ2) is 4.50. The quantitative estimate of drug-likeness (QED) is 0.844. The molecular weight excluding hydrogens is 213 g/mol. The van der Waals surface area contributed by atoms with E-state index in [-0.39, 0.29) is 16.9 Å². The molecule has 82 valence electrons. The van der Waals surface area contributed by atoms with E-state index in [1.165, 1.54) is 25.3 Å². The minimum Gasteiger partial charge on any atom is -0.327 e. The largest absolute Gasteiger partial charge is 0.327 e. The topological polar surface area (TPSA) is 26.0 Å². The zero-order chi connectivity index (χ0) is 10.8. The number of halogens is 2. The van der Waals surface area contributed by atoms with E-state index in [2.05, 4.69) is 0 Å². The van der Waals surface area contributed by atoms with Gasteiger partial charge in [0.1, 0.15) is 5.82 Å². The average molecular weight is 228 g/mol. The second-order valence-corrected chi connectivity index (χ2v) is 4.71. The summed E-state index contributed by atoms with van der Waals surface area (Å²) in [6.07, 6.45) is 4.55. The maximum atomic E-state index is 12.9. The van der Waals surface area contributed by atoms with Crippen LogP contribution in [0.3, 0.4) is 0 Å². The molecule has 0 radical (unpaired) electrons. The maximum Gasteiger partial charge on any atom is 0.141 e. The van der Waals surface area contributed by atoms with Gasteiger partial charge in [0.05, 0.1) is 5.02 Å². The van der Waals surface area contributed by atoms with Crippen molar-refractivity contribution in [2.24, 2.45) is 11.7 Å². The summed E-state index contributed by atoms with van der Waals surface area (Å²) in [6, 6.07) is 5.04. The Kier molecular flexibility index (Phi) is 3.27. The normalized spacial score (nSPS) is 18.6. The highest BCUT2D eigenvalue weighted by atomic mass is 35.5. The van der Waals surface area contributed by atoms with Crippen molar-refractivity contribution in [2.75, 3.05) is 0 Å². The highest BCUT2D eigenvalue weighted by Gasteiger charge is 2.24. The number of rotatable bonds is 3. The summed E-state index contributed by atoms with van der Waals surface area (Å²) >= 11 is 5.71. The predicted octanol–water partition coefficient (Wildman–Crippen LogP) is 3.15. The third-order valence-electron chi connectivity index (χ3n) is 3.21. The van der Waals surface area contributed by atoms with Crippen molar-refractivity contribution in [3.8, 4) is 0 Å². The summed E-state index contributed by atoms with van der Waals surface area (Å²) in [6.45, 7) is 0. The number of benzene rings is 1. The molecular formula is C12H15ClFN. The molecule has 0 bridgehead atoms. The molecule has 2 rings (SSSR count). The molecule has 1 atom stereocenters. The van der Waals surface area contributed by atoms with E-state index in [0.717, 1.165) is 12.0 Å². The van der Waals surface area contributed by atoms with Crippen LogP contribution in [-0.4, -0.2) is 6.04 Å². The first-order valence-corrected chi connectivity index (χ1v) is 5.74. The van der Waals surface area contributed by atoms with Crippen LogP contribution >= 0.6 is 11.6 Å². The molecule has 1 aliphatic rings. The van der Waals surface area contributed by atoms with Gasteiger partial charge in [-0.2, -0.15) is 0 Å². The smallest absolute Gasteiger partial charge is 0.141 e. The summed E-state index contributed by atoms with van der Waals surface area (Å²) in [5.41, 5.74) is 7.09. The summed E-state index contributed by atoms with van der Waals surface area (Å²) in [5, 5.41) is 0.188. The Labute approximate surface area is 94.4 Å². The third-order valence-corrected chi connectivity index (χ3v) is 3.50. The van der Waals surface area contributed by atoms with Crippen LogP contribution in [-0.2, 0) is 6.42 Å². The molecule has 1 aromatic carbocycles. The van der Waals surface area contributed by atoms with Gasteiger partial charge in [-0.3, -0.25) is 0 Å². The first-order chi connectivity index (χ1) is 7.16. The number of hydrogen-bond acceptors (Lipinski definition) is 1. The van der Waals surface area contributed by atoms with Crippen molar-refractivity contribution in [3.63, 3.8) is 0 Å². The van der Waals surface area contributed by atoms with E-state index in [1.807, 2.05) is 0 Å². The standard InChI is InChI=1S/C12H15ClFN/c13-10-6-8(4-5-11(10)14)7-12(15)9-2-1-3-9/h4-6,9,12H,1-3,7,15H2. The van der Waals surface area contributed by atoms with Gasteiger partial charge >= 0.3 is 0 Å². The van der Waals surface area contributed by atoms with Gasteiger partial charge in [-0.25, -0.2) is 4.39 Å². The zero-order valence-electron chi connectivity index (χ0n) is 8.55. The molecule has 2 N–H and O–H groups in total. The summed E-state index contributed by atoms with van der Waals surface area (Å²) < 4.78 is 12.9. The van der Waals surface area contributed by atoms with Gasteiger partial charge in [-0.15, -0.1) is 0 Å². The molecule has 0 aliphatic heterocycles. The molecule has 1 aliphatic carbocycles. The SMILES string of the molecule is NC(Cc1ccc(F)c(Cl)c1)C1CCC1. The average Bonchev–Trinajstić information content (AvgIpc) is 2.08. The van der Waals surface area contributed by atoms with Crippen LogP contribution in [0.25, 0.3) is 0 Å². The summed E-state index contributed by atoms with van der Waals surface area (Å²) in [7, 11) is 0. The summed E-state index contributed by atoms with van der Waals surface area (Å²) in [5.74, 6) is 0.284. The second-order valence-electron chi connectivity index (χ2n) is 4.31. The van der Waals surface area contributed by atoms with E-state index in [1.54, 1.807) is 12.1 Å². The van der Waals surface area contributed by atoms with Gasteiger partial charge in [0.25, 0.3) is 0 Å². The van der Waals surface area contributed by atoms with Gasteiger partial charge < -0.3 is 5.73 Å². The van der Waals surface area contributed by atoms with Crippen molar-refractivity contribution in [2.45, 2.75) is 31.7 Å². The van der Waals surface area contributed by atoms with E-state index in [9.17, 15) is 4.39 Å². The fourth-order valence-electron chi connectivity index (χ4n) is 1.97. The van der Waals surface area contributed by atoms with Crippen LogP contribution < -0.4 is 5.73 Å². The minimum absolute atomic E-state index is 0.188. The van der Waals surface area contributed by atoms with Gasteiger partial charge in [-0.05, 0) is 42.9 Å². The highest BCUT2D eigenvalue weighted by Crippen LogP contribution is 2.30. The Morgan fingerprint density at radius 1 is 1.47 bits per heavy atom. The van der Waals surface area contributed by atoms with Crippen LogP contribution in [0.5, 0.6) is 0 Å². The Balaban J connectivity index is 2.00. The van der Waals surface area contributed by atoms with Crippen molar-refractivity contribution < 1.29 is 4.39 Å². The van der Waals surface area contributed by atoms with Crippen LogP contribution in [0.2, 0.25) is 5.02 Å². The molecule has 1 fully saturated rings. The lowest BCUT2D eigenvalue weighted by molar-refractivity contribution is 0.260. The first kappa shape index (κ1) is 10.9. The highest BCUT2D eigenvalue weighted by molar-refractivity contribution is 6.30. The Morgan fingerprint density at radius 3 is 2.73 bits per heavy atom.